The Morgan fingerprint density at radius 3 is 2.37 bits per heavy atom. The van der Waals surface area contributed by atoms with Crippen LogP contribution in [0, 0.1) is 0 Å². The average molecular weight is 508 g/mol. The second-order valence-electron chi connectivity index (χ2n) is 7.75. The molecule has 0 spiro atoms. The smallest absolute Gasteiger partial charge is 0.338 e. The van der Waals surface area contributed by atoms with Crippen LogP contribution in [-0.4, -0.2) is 25.1 Å². The molecule has 35 heavy (non-hydrogen) atoms. The Labute approximate surface area is 213 Å². The highest BCUT2D eigenvalue weighted by Gasteiger charge is 2.20. The lowest BCUT2D eigenvalue weighted by atomic mass is 10.1. The van der Waals surface area contributed by atoms with Crippen LogP contribution in [0.25, 0.3) is 10.8 Å². The van der Waals surface area contributed by atoms with Gasteiger partial charge < -0.3 is 14.4 Å². The number of nitrogens with zero attached hydrogens (tertiary/aromatic N) is 1. The molecule has 0 aliphatic heterocycles. The number of hydrogen-bond donors (Lipinski definition) is 0. The first kappa shape index (κ1) is 24.6. The number of benzene rings is 4. The monoisotopic (exact) mass is 507 g/mol. The van der Waals surface area contributed by atoms with Gasteiger partial charge in [-0.2, -0.15) is 0 Å². The fourth-order valence-electron chi connectivity index (χ4n) is 3.67. The first-order valence-electron chi connectivity index (χ1n) is 11.1. The van der Waals surface area contributed by atoms with Crippen LogP contribution >= 0.6 is 23.2 Å². The van der Waals surface area contributed by atoms with Crippen molar-refractivity contribution in [3.8, 4) is 5.75 Å². The molecule has 0 saturated carbocycles. The van der Waals surface area contributed by atoms with Gasteiger partial charge in [0.1, 0.15) is 5.75 Å². The zero-order valence-corrected chi connectivity index (χ0v) is 20.6. The molecule has 0 unspecified atom stereocenters. The number of carbonyl (C=O) groups excluding carboxylic acids is 2. The van der Waals surface area contributed by atoms with Gasteiger partial charge in [-0.15, -0.1) is 0 Å². The molecular formula is C28H23Cl2NO4. The summed E-state index contributed by atoms with van der Waals surface area (Å²) in [5.74, 6) is -0.0663. The van der Waals surface area contributed by atoms with E-state index in [9.17, 15) is 9.59 Å². The molecule has 4 aromatic rings. The molecular weight excluding hydrogens is 485 g/mol. The van der Waals surface area contributed by atoms with Crippen molar-refractivity contribution in [1.29, 1.82) is 0 Å². The fraction of sp³-hybridized carbons (Fsp3) is 0.143. The van der Waals surface area contributed by atoms with Gasteiger partial charge in [0.25, 0.3) is 5.91 Å². The van der Waals surface area contributed by atoms with Crippen molar-refractivity contribution in [3.05, 3.63) is 106 Å². The predicted molar refractivity (Wildman–Crippen MR) is 139 cm³/mol. The third-order valence-electron chi connectivity index (χ3n) is 5.44. The minimum Gasteiger partial charge on any atom is -0.483 e. The van der Waals surface area contributed by atoms with Crippen molar-refractivity contribution >= 4 is 51.5 Å². The van der Waals surface area contributed by atoms with E-state index in [-0.39, 0.29) is 25.7 Å². The summed E-state index contributed by atoms with van der Waals surface area (Å²) in [6, 6.07) is 25.3. The number of fused-ring (bicyclic) bond motifs is 1. The topological polar surface area (TPSA) is 55.8 Å². The molecule has 7 heteroatoms. The normalized spacial score (nSPS) is 10.7. The van der Waals surface area contributed by atoms with Crippen LogP contribution in [0.5, 0.6) is 5.75 Å². The molecule has 0 heterocycles. The number of ether oxygens (including phenoxy) is 2. The van der Waals surface area contributed by atoms with Gasteiger partial charge in [-0.3, -0.25) is 4.79 Å². The summed E-state index contributed by atoms with van der Waals surface area (Å²) in [7, 11) is 0. The molecule has 0 atom stereocenters. The molecule has 5 nitrogen and oxygen atoms in total. The van der Waals surface area contributed by atoms with Crippen molar-refractivity contribution in [2.45, 2.75) is 13.5 Å². The molecule has 178 valence electrons. The van der Waals surface area contributed by atoms with Crippen LogP contribution < -0.4 is 9.64 Å². The van der Waals surface area contributed by atoms with Gasteiger partial charge in [-0.25, -0.2) is 4.79 Å². The Kier molecular flexibility index (Phi) is 7.91. The van der Waals surface area contributed by atoms with Crippen LogP contribution in [0.4, 0.5) is 5.69 Å². The summed E-state index contributed by atoms with van der Waals surface area (Å²) in [5.41, 5.74) is 1.72. The van der Waals surface area contributed by atoms with E-state index in [2.05, 4.69) is 0 Å². The van der Waals surface area contributed by atoms with Gasteiger partial charge in [0, 0.05) is 21.1 Å². The number of esters is 1. The van der Waals surface area contributed by atoms with E-state index in [4.69, 9.17) is 32.7 Å². The molecule has 4 aromatic carbocycles. The van der Waals surface area contributed by atoms with Crippen molar-refractivity contribution in [2.24, 2.45) is 0 Å². The number of carbonyl (C=O) groups is 2. The van der Waals surface area contributed by atoms with Gasteiger partial charge >= 0.3 is 5.97 Å². The minimum absolute atomic E-state index is 0.182. The number of anilines is 1. The SMILES string of the molecule is CCOC(=O)c1ccc(N(Cc2ccc(Cl)cc2Cl)C(=O)COc2cccc3ccccc23)cc1. The van der Waals surface area contributed by atoms with E-state index in [1.165, 1.54) is 0 Å². The van der Waals surface area contributed by atoms with Crippen molar-refractivity contribution in [3.63, 3.8) is 0 Å². The number of halogens is 2. The highest BCUT2D eigenvalue weighted by atomic mass is 35.5. The van der Waals surface area contributed by atoms with E-state index in [1.54, 1.807) is 54.3 Å². The Hall–Kier alpha value is -3.54. The third-order valence-corrected chi connectivity index (χ3v) is 6.02. The second-order valence-corrected chi connectivity index (χ2v) is 8.59. The lowest BCUT2D eigenvalue weighted by Gasteiger charge is -2.24. The van der Waals surface area contributed by atoms with Gasteiger partial charge in [0.05, 0.1) is 18.7 Å². The fourth-order valence-corrected chi connectivity index (χ4v) is 4.14. The Balaban J connectivity index is 1.60. The van der Waals surface area contributed by atoms with Crippen molar-refractivity contribution in [2.75, 3.05) is 18.1 Å². The van der Waals surface area contributed by atoms with E-state index < -0.39 is 5.97 Å². The molecule has 4 rings (SSSR count). The van der Waals surface area contributed by atoms with Crippen molar-refractivity contribution < 1.29 is 19.1 Å². The van der Waals surface area contributed by atoms with Gasteiger partial charge in [-0.1, -0.05) is 65.7 Å². The van der Waals surface area contributed by atoms with Gasteiger partial charge in [-0.05, 0) is 60.3 Å². The minimum atomic E-state index is -0.419. The molecule has 0 fully saturated rings. The summed E-state index contributed by atoms with van der Waals surface area (Å²) in [5, 5.41) is 2.91. The molecule has 0 aromatic heterocycles. The molecule has 0 bridgehead atoms. The highest BCUT2D eigenvalue weighted by Crippen LogP contribution is 2.27. The summed E-state index contributed by atoms with van der Waals surface area (Å²) >= 11 is 12.4. The van der Waals surface area contributed by atoms with Crippen molar-refractivity contribution in [1.82, 2.24) is 0 Å². The van der Waals surface area contributed by atoms with E-state index in [0.717, 1.165) is 16.3 Å². The van der Waals surface area contributed by atoms with Gasteiger partial charge in [0.2, 0.25) is 0 Å². The molecule has 0 aliphatic rings. The van der Waals surface area contributed by atoms with E-state index >= 15 is 0 Å². The molecule has 0 aliphatic carbocycles. The van der Waals surface area contributed by atoms with Gasteiger partial charge in [0.15, 0.2) is 6.61 Å². The van der Waals surface area contributed by atoms with Crippen LogP contribution in [0.2, 0.25) is 10.0 Å². The van der Waals surface area contributed by atoms with E-state index in [1.807, 2.05) is 42.5 Å². The lowest BCUT2D eigenvalue weighted by molar-refractivity contribution is -0.120. The Morgan fingerprint density at radius 2 is 1.63 bits per heavy atom. The first-order chi connectivity index (χ1) is 17.0. The highest BCUT2D eigenvalue weighted by molar-refractivity contribution is 6.35. The predicted octanol–water partition coefficient (Wildman–Crippen LogP) is 6.94. The number of amides is 1. The van der Waals surface area contributed by atoms with Crippen LogP contribution in [0.3, 0.4) is 0 Å². The lowest BCUT2D eigenvalue weighted by Crippen LogP contribution is -2.34. The average Bonchev–Trinajstić information content (AvgIpc) is 2.87. The zero-order valence-electron chi connectivity index (χ0n) is 19.0. The van der Waals surface area contributed by atoms with E-state index in [0.29, 0.717) is 27.0 Å². The molecule has 0 N–H and O–H groups in total. The number of rotatable bonds is 8. The second kappa shape index (κ2) is 11.3. The maximum Gasteiger partial charge on any atom is 0.338 e. The number of hydrogen-bond acceptors (Lipinski definition) is 4. The third kappa shape index (κ3) is 5.94. The maximum atomic E-state index is 13.4. The summed E-state index contributed by atoms with van der Waals surface area (Å²) in [6.07, 6.45) is 0. The maximum absolute atomic E-state index is 13.4. The largest absolute Gasteiger partial charge is 0.483 e. The Morgan fingerprint density at radius 1 is 0.886 bits per heavy atom. The molecule has 1 amide bonds. The standard InChI is InChI=1S/C28H23Cl2NO4/c1-2-34-28(33)20-11-14-23(15-12-20)31(17-21-10-13-22(29)16-25(21)30)27(32)18-35-26-9-5-7-19-6-3-4-8-24(19)26/h3-16H,2,17-18H2,1H3. The zero-order chi connectivity index (χ0) is 24.8. The molecule has 0 saturated heterocycles. The Bertz CT molecular complexity index is 1350. The van der Waals surface area contributed by atoms with Crippen LogP contribution in [-0.2, 0) is 16.1 Å². The summed E-state index contributed by atoms with van der Waals surface area (Å²) in [4.78, 5) is 27.0. The first-order valence-corrected chi connectivity index (χ1v) is 11.8. The van der Waals surface area contributed by atoms with Crippen LogP contribution in [0.15, 0.2) is 84.9 Å². The quantitative estimate of drug-likeness (QED) is 0.242. The van der Waals surface area contributed by atoms with Crippen LogP contribution in [0.1, 0.15) is 22.8 Å². The summed E-state index contributed by atoms with van der Waals surface area (Å²) < 4.78 is 11.0. The molecule has 0 radical (unpaired) electrons. The summed E-state index contributed by atoms with van der Waals surface area (Å²) in [6.45, 7) is 2.05.